The molecule has 1 heterocycles. The zero-order valence-electron chi connectivity index (χ0n) is 4.95. The van der Waals surface area contributed by atoms with Crippen molar-refractivity contribution in [1.29, 1.82) is 0 Å². The van der Waals surface area contributed by atoms with Gasteiger partial charge in [-0.15, -0.1) is 10.2 Å². The molecule has 58 valence electrons. The fourth-order valence-corrected chi connectivity index (χ4v) is 0.713. The van der Waals surface area contributed by atoms with E-state index in [-0.39, 0.29) is 10.4 Å². The lowest BCUT2D eigenvalue weighted by Crippen LogP contribution is -2.04. The van der Waals surface area contributed by atoms with E-state index in [2.05, 4.69) is 15.2 Å². The fourth-order valence-electron chi connectivity index (χ4n) is 0.429. The number of aromatic nitrogens is 3. The molecule has 1 rings (SSSR count). The van der Waals surface area contributed by atoms with Crippen LogP contribution in [0.4, 0.5) is 0 Å². The van der Waals surface area contributed by atoms with Crippen LogP contribution in [-0.4, -0.2) is 26.3 Å². The van der Waals surface area contributed by atoms with Crippen LogP contribution in [0.3, 0.4) is 0 Å². The molecule has 0 saturated carbocycles. The highest BCUT2D eigenvalue weighted by Gasteiger charge is 2.12. The minimum absolute atomic E-state index is 0.244. The van der Waals surface area contributed by atoms with E-state index < -0.39 is 11.7 Å². The van der Waals surface area contributed by atoms with Crippen LogP contribution in [0.1, 0.15) is 10.5 Å². The molecule has 0 atom stereocenters. The van der Waals surface area contributed by atoms with Gasteiger partial charge in [-0.3, -0.25) is 0 Å². The molecule has 0 aliphatic rings. The number of carboxylic acid groups (broad SMARTS) is 1. The van der Waals surface area contributed by atoms with E-state index in [1.54, 1.807) is 0 Å². The number of hydrogen-bond donors (Lipinski definition) is 1. The van der Waals surface area contributed by atoms with Gasteiger partial charge in [-0.1, -0.05) is 11.6 Å². The van der Waals surface area contributed by atoms with E-state index in [1.165, 1.54) is 0 Å². The molecule has 5 nitrogen and oxygen atoms in total. The van der Waals surface area contributed by atoms with Crippen molar-refractivity contribution in [2.24, 2.45) is 0 Å². The van der Waals surface area contributed by atoms with Crippen LogP contribution in [0.25, 0.3) is 0 Å². The Balaban J connectivity index is 3.23. The maximum atomic E-state index is 10.3. The van der Waals surface area contributed by atoms with Gasteiger partial charge in [0.2, 0.25) is 5.28 Å². The first-order valence-corrected chi connectivity index (χ1v) is 3.16. The van der Waals surface area contributed by atoms with Gasteiger partial charge in [0, 0.05) is 0 Å². The third kappa shape index (κ3) is 1.75. The molecule has 0 fully saturated rings. The summed E-state index contributed by atoms with van der Waals surface area (Å²) in [4.78, 5) is 13.6. The van der Waals surface area contributed by atoms with E-state index in [0.29, 0.717) is 0 Å². The van der Waals surface area contributed by atoms with E-state index in [0.717, 1.165) is 0 Å². The summed E-state index contributed by atoms with van der Waals surface area (Å²) < 4.78 is 0. The summed E-state index contributed by atoms with van der Waals surface area (Å²) in [6.07, 6.45) is 0. The van der Waals surface area contributed by atoms with Gasteiger partial charge in [0.15, 0.2) is 10.8 Å². The number of rotatable bonds is 1. The standard InChI is InChI=1S/C4HCl2N3O2/c5-2-1(3(10)11)7-4(6)9-8-2/h(H,10,11). The topological polar surface area (TPSA) is 76.0 Å². The average Bonchev–Trinajstić information content (AvgIpc) is 1.94. The van der Waals surface area contributed by atoms with Crippen LogP contribution in [0.2, 0.25) is 10.4 Å². The first kappa shape index (κ1) is 8.16. The maximum Gasteiger partial charge on any atom is 0.357 e. The molecule has 1 aromatic heterocycles. The van der Waals surface area contributed by atoms with Crippen LogP contribution in [0, 0.1) is 0 Å². The minimum Gasteiger partial charge on any atom is -0.476 e. The van der Waals surface area contributed by atoms with Gasteiger partial charge in [-0.25, -0.2) is 9.78 Å². The zero-order valence-corrected chi connectivity index (χ0v) is 6.46. The van der Waals surface area contributed by atoms with Gasteiger partial charge in [-0.2, -0.15) is 0 Å². The van der Waals surface area contributed by atoms with Gasteiger partial charge in [0.25, 0.3) is 0 Å². The minimum atomic E-state index is -1.29. The number of halogens is 2. The van der Waals surface area contributed by atoms with Crippen molar-refractivity contribution >= 4 is 29.2 Å². The predicted molar refractivity (Wildman–Crippen MR) is 36.8 cm³/mol. The molecule has 0 spiro atoms. The number of carboxylic acids is 1. The van der Waals surface area contributed by atoms with E-state index in [4.69, 9.17) is 28.3 Å². The molecule has 0 aliphatic heterocycles. The largest absolute Gasteiger partial charge is 0.476 e. The highest BCUT2D eigenvalue weighted by molar-refractivity contribution is 6.32. The lowest BCUT2D eigenvalue weighted by atomic mass is 10.5. The van der Waals surface area contributed by atoms with Gasteiger partial charge in [-0.05, 0) is 11.6 Å². The molecule has 11 heavy (non-hydrogen) atoms. The highest BCUT2D eigenvalue weighted by Crippen LogP contribution is 2.10. The normalized spacial score (nSPS) is 9.64. The Morgan fingerprint density at radius 3 is 2.45 bits per heavy atom. The maximum absolute atomic E-state index is 10.3. The second-order valence-electron chi connectivity index (χ2n) is 1.53. The van der Waals surface area contributed by atoms with Crippen molar-refractivity contribution in [3.05, 3.63) is 16.1 Å². The molecule has 0 unspecified atom stereocenters. The molecule has 0 amide bonds. The first-order valence-electron chi connectivity index (χ1n) is 2.40. The van der Waals surface area contributed by atoms with E-state index in [1.807, 2.05) is 0 Å². The van der Waals surface area contributed by atoms with Crippen molar-refractivity contribution < 1.29 is 9.90 Å². The predicted octanol–water partition coefficient (Wildman–Crippen LogP) is 0.877. The fraction of sp³-hybridized carbons (Fsp3) is 0. The summed E-state index contributed by atoms with van der Waals surface area (Å²) in [7, 11) is 0. The molecule has 7 heteroatoms. The first-order chi connectivity index (χ1) is 5.11. The van der Waals surface area contributed by atoms with Crippen LogP contribution in [-0.2, 0) is 0 Å². The smallest absolute Gasteiger partial charge is 0.357 e. The molecule has 1 aromatic rings. The summed E-state index contributed by atoms with van der Waals surface area (Å²) in [5.74, 6) is -1.29. The van der Waals surface area contributed by atoms with Crippen molar-refractivity contribution in [2.45, 2.75) is 0 Å². The Bertz CT molecular complexity index is 303. The number of carbonyl (C=O) groups is 1. The molecule has 0 saturated heterocycles. The Hall–Kier alpha value is -0.940. The number of nitrogens with zero attached hydrogens (tertiary/aromatic N) is 3. The van der Waals surface area contributed by atoms with Gasteiger partial charge >= 0.3 is 5.97 Å². The van der Waals surface area contributed by atoms with Crippen molar-refractivity contribution in [3.63, 3.8) is 0 Å². The van der Waals surface area contributed by atoms with Gasteiger partial charge in [0.1, 0.15) is 0 Å². The SMILES string of the molecule is O=C(O)c1nc(Cl)nnc1Cl. The van der Waals surface area contributed by atoms with Crippen molar-refractivity contribution in [3.8, 4) is 0 Å². The molecule has 0 bridgehead atoms. The number of aromatic carboxylic acids is 1. The van der Waals surface area contributed by atoms with Crippen molar-refractivity contribution in [2.75, 3.05) is 0 Å². The van der Waals surface area contributed by atoms with Crippen LogP contribution < -0.4 is 0 Å². The molecule has 0 aromatic carbocycles. The molecule has 0 radical (unpaired) electrons. The third-order valence-corrected chi connectivity index (χ3v) is 1.24. The lowest BCUT2D eigenvalue weighted by Gasteiger charge is -1.93. The average molecular weight is 194 g/mol. The second kappa shape index (κ2) is 2.98. The van der Waals surface area contributed by atoms with E-state index >= 15 is 0 Å². The highest BCUT2D eigenvalue weighted by atomic mass is 35.5. The Morgan fingerprint density at radius 2 is 2.00 bits per heavy atom. The van der Waals surface area contributed by atoms with Crippen LogP contribution in [0.15, 0.2) is 0 Å². The monoisotopic (exact) mass is 193 g/mol. The molecular formula is C4HCl2N3O2. The Kier molecular flexibility index (Phi) is 2.21. The summed E-state index contributed by atoms with van der Waals surface area (Å²) in [5, 5.41) is 14.4. The van der Waals surface area contributed by atoms with Gasteiger partial charge in [0.05, 0.1) is 0 Å². The Morgan fingerprint density at radius 1 is 1.36 bits per heavy atom. The zero-order chi connectivity index (χ0) is 8.43. The van der Waals surface area contributed by atoms with E-state index in [9.17, 15) is 4.79 Å². The van der Waals surface area contributed by atoms with Gasteiger partial charge < -0.3 is 5.11 Å². The third-order valence-electron chi connectivity index (χ3n) is 0.822. The Labute approximate surface area is 71.0 Å². The lowest BCUT2D eigenvalue weighted by molar-refractivity contribution is 0.0690. The molecule has 0 aliphatic carbocycles. The summed E-state index contributed by atoms with van der Waals surface area (Å²) in [5.41, 5.74) is -0.397. The quantitative estimate of drug-likeness (QED) is 0.717. The molecular weight excluding hydrogens is 193 g/mol. The summed E-state index contributed by atoms with van der Waals surface area (Å²) in [6.45, 7) is 0. The van der Waals surface area contributed by atoms with Crippen LogP contribution in [0.5, 0.6) is 0 Å². The summed E-state index contributed by atoms with van der Waals surface area (Å²) >= 11 is 10.6. The van der Waals surface area contributed by atoms with Crippen molar-refractivity contribution in [1.82, 2.24) is 15.2 Å². The summed E-state index contributed by atoms with van der Waals surface area (Å²) in [6, 6.07) is 0. The second-order valence-corrected chi connectivity index (χ2v) is 2.22. The molecule has 1 N–H and O–H groups in total. The van der Waals surface area contributed by atoms with Crippen LogP contribution >= 0.6 is 23.2 Å². The number of hydrogen-bond acceptors (Lipinski definition) is 4.